The average molecular weight is 337 g/mol. The zero-order valence-corrected chi connectivity index (χ0v) is 11.4. The van der Waals surface area contributed by atoms with Gasteiger partial charge in [0, 0.05) is 23.7 Å². The van der Waals surface area contributed by atoms with Crippen molar-refractivity contribution in [2.75, 3.05) is 24.5 Å². The van der Waals surface area contributed by atoms with Crippen molar-refractivity contribution in [3.63, 3.8) is 0 Å². The van der Waals surface area contributed by atoms with E-state index < -0.39 is 36.6 Å². The Morgan fingerprint density at radius 1 is 1.22 bits per heavy atom. The smallest absolute Gasteiger partial charge is 0.362 e. The van der Waals surface area contributed by atoms with E-state index in [0.717, 1.165) is 12.1 Å². The molecular weight excluding hydrogens is 328 g/mol. The van der Waals surface area contributed by atoms with E-state index >= 15 is 0 Å². The van der Waals surface area contributed by atoms with E-state index in [1.54, 1.807) is 0 Å². The molecule has 0 amide bonds. The maximum atomic E-state index is 12.9. The van der Waals surface area contributed by atoms with E-state index in [2.05, 4.69) is 10.0 Å². The van der Waals surface area contributed by atoms with Gasteiger partial charge in [0.05, 0.1) is 17.2 Å². The van der Waals surface area contributed by atoms with Crippen LogP contribution in [0.25, 0.3) is 10.4 Å². The van der Waals surface area contributed by atoms with Crippen LogP contribution in [0.1, 0.15) is 11.1 Å². The molecule has 0 saturated heterocycles. The van der Waals surface area contributed by atoms with Gasteiger partial charge in [-0.1, -0.05) is 5.11 Å². The topological polar surface area (TPSA) is 75.8 Å². The van der Waals surface area contributed by atoms with Crippen LogP contribution in [0.4, 0.5) is 32.0 Å². The summed E-state index contributed by atoms with van der Waals surface area (Å²) >= 11 is 0. The highest BCUT2D eigenvalue weighted by molar-refractivity contribution is 5.55. The summed E-state index contributed by atoms with van der Waals surface area (Å²) < 4.78 is 76.3. The lowest BCUT2D eigenvalue weighted by molar-refractivity contribution is -0.137. The fraction of sp³-hybridized carbons (Fsp3) is 0.417. The van der Waals surface area contributed by atoms with Crippen LogP contribution in [0, 0.1) is 11.3 Å². The summed E-state index contributed by atoms with van der Waals surface area (Å²) in [5.74, 6) is 0. The molecule has 11 heteroatoms. The molecule has 0 saturated carbocycles. The van der Waals surface area contributed by atoms with E-state index in [9.17, 15) is 26.3 Å². The first-order chi connectivity index (χ1) is 10.6. The molecule has 1 aromatic rings. The lowest BCUT2D eigenvalue weighted by Gasteiger charge is -2.26. The summed E-state index contributed by atoms with van der Waals surface area (Å²) in [5.41, 5.74) is 5.74. The maximum Gasteiger partial charge on any atom is 0.417 e. The molecule has 0 aliphatic rings. The van der Waals surface area contributed by atoms with Crippen molar-refractivity contribution in [3.8, 4) is 6.07 Å². The predicted octanol–water partition coefficient (Wildman–Crippen LogP) is 4.26. The highest BCUT2D eigenvalue weighted by atomic mass is 19.4. The summed E-state index contributed by atoms with van der Waals surface area (Å²) in [6, 6.07) is 3.60. The van der Waals surface area contributed by atoms with Gasteiger partial charge in [-0.05, 0) is 23.7 Å². The van der Waals surface area contributed by atoms with Crippen molar-refractivity contribution in [3.05, 3.63) is 39.8 Å². The van der Waals surface area contributed by atoms with Crippen LogP contribution >= 0.6 is 0 Å². The Morgan fingerprint density at radius 2 is 1.87 bits per heavy atom. The molecule has 0 atom stereocenters. The molecule has 0 bridgehead atoms. The third-order valence-electron chi connectivity index (χ3n) is 2.70. The number of anilines is 1. The number of halogens is 6. The second-order valence-corrected chi connectivity index (χ2v) is 4.33. The number of hydrogen-bond donors (Lipinski definition) is 0. The van der Waals surface area contributed by atoms with Gasteiger partial charge in [-0.15, -0.1) is 0 Å². The van der Waals surface area contributed by atoms with Crippen LogP contribution in [0.5, 0.6) is 0 Å². The monoisotopic (exact) mass is 337 g/mol. The summed E-state index contributed by atoms with van der Waals surface area (Å²) in [5, 5.41) is 11.7. The predicted molar refractivity (Wildman–Crippen MR) is 68.4 cm³/mol. The minimum Gasteiger partial charge on any atom is -0.362 e. The van der Waals surface area contributed by atoms with Crippen molar-refractivity contribution in [1.82, 2.24) is 0 Å². The quantitative estimate of drug-likeness (QED) is 0.348. The van der Waals surface area contributed by atoms with Gasteiger partial charge in [0.1, 0.15) is 6.54 Å². The van der Waals surface area contributed by atoms with Crippen LogP contribution in [-0.2, 0) is 6.18 Å². The second kappa shape index (κ2) is 7.11. The molecule has 0 N–H and O–H groups in total. The molecule has 0 aromatic heterocycles. The lowest BCUT2D eigenvalue weighted by Crippen LogP contribution is -2.36. The molecule has 1 rings (SSSR count). The molecule has 0 heterocycles. The van der Waals surface area contributed by atoms with E-state index in [0.29, 0.717) is 11.0 Å². The van der Waals surface area contributed by atoms with Crippen LogP contribution in [0.3, 0.4) is 0 Å². The minimum absolute atomic E-state index is 0.353. The number of azide groups is 1. The number of rotatable bonds is 5. The summed E-state index contributed by atoms with van der Waals surface area (Å²) in [6.07, 6.45) is -9.54. The molecule has 23 heavy (non-hydrogen) atoms. The highest BCUT2D eigenvalue weighted by Gasteiger charge is 2.35. The average Bonchev–Trinajstić information content (AvgIpc) is 2.43. The normalized spacial score (nSPS) is 11.5. The first-order valence-corrected chi connectivity index (χ1v) is 6.02. The SMILES string of the molecule is N#Cc1ccc(N(CCN=[N+]=[N-])CC(F)(F)F)cc1C(F)(F)F. The zero-order valence-electron chi connectivity index (χ0n) is 11.4. The van der Waals surface area contributed by atoms with Gasteiger partial charge >= 0.3 is 12.4 Å². The van der Waals surface area contributed by atoms with Gasteiger partial charge < -0.3 is 4.90 Å². The van der Waals surface area contributed by atoms with Crippen molar-refractivity contribution in [1.29, 1.82) is 5.26 Å². The van der Waals surface area contributed by atoms with Crippen molar-refractivity contribution in [2.24, 2.45) is 5.11 Å². The fourth-order valence-corrected chi connectivity index (χ4v) is 1.79. The van der Waals surface area contributed by atoms with Crippen LogP contribution in [-0.4, -0.2) is 25.8 Å². The Kier molecular flexibility index (Phi) is 5.70. The van der Waals surface area contributed by atoms with Gasteiger partial charge in [-0.25, -0.2) is 0 Å². The Bertz CT molecular complexity index is 639. The molecule has 0 aliphatic carbocycles. The van der Waals surface area contributed by atoms with Gasteiger partial charge in [-0.2, -0.15) is 31.6 Å². The van der Waals surface area contributed by atoms with Crippen LogP contribution < -0.4 is 4.90 Å². The molecule has 0 unspecified atom stereocenters. The largest absolute Gasteiger partial charge is 0.417 e. The minimum atomic E-state index is -4.88. The molecule has 124 valence electrons. The van der Waals surface area contributed by atoms with Gasteiger partial charge in [0.2, 0.25) is 0 Å². The molecule has 1 aromatic carbocycles. The van der Waals surface area contributed by atoms with Gasteiger partial charge in [-0.3, -0.25) is 0 Å². The molecular formula is C12H9F6N5. The number of alkyl halides is 6. The third-order valence-corrected chi connectivity index (χ3v) is 2.70. The van der Waals surface area contributed by atoms with Gasteiger partial charge in [0.15, 0.2) is 0 Å². The van der Waals surface area contributed by atoms with Crippen molar-refractivity contribution < 1.29 is 26.3 Å². The van der Waals surface area contributed by atoms with Crippen LogP contribution in [0.2, 0.25) is 0 Å². The zero-order chi connectivity index (χ0) is 17.7. The standard InChI is InChI=1S/C12H9F6N5/c13-11(14,15)7-23(4-3-21-22-20)9-2-1-8(6-19)10(5-9)12(16,17)18/h1-2,5H,3-4,7H2. The lowest BCUT2D eigenvalue weighted by atomic mass is 10.1. The molecule has 0 spiro atoms. The number of hydrogen-bond acceptors (Lipinski definition) is 3. The van der Waals surface area contributed by atoms with E-state index in [1.165, 1.54) is 6.07 Å². The highest BCUT2D eigenvalue weighted by Crippen LogP contribution is 2.35. The Labute approximate surface area is 126 Å². The van der Waals surface area contributed by atoms with E-state index in [1.807, 2.05) is 0 Å². The number of nitrogens with zero attached hydrogens (tertiary/aromatic N) is 5. The maximum absolute atomic E-state index is 12.9. The number of nitriles is 1. The first-order valence-electron chi connectivity index (χ1n) is 6.02. The third kappa shape index (κ3) is 5.60. The summed E-state index contributed by atoms with van der Waals surface area (Å²) in [4.78, 5) is 2.98. The molecule has 0 radical (unpaired) electrons. The van der Waals surface area contributed by atoms with E-state index in [4.69, 9.17) is 10.8 Å². The summed E-state index contributed by atoms with van der Waals surface area (Å²) in [7, 11) is 0. The summed E-state index contributed by atoms with van der Waals surface area (Å²) in [6.45, 7) is -2.29. The Balaban J connectivity index is 3.24. The molecule has 0 aliphatic heterocycles. The second-order valence-electron chi connectivity index (χ2n) is 4.33. The Hall–Kier alpha value is -2.60. The Morgan fingerprint density at radius 3 is 2.35 bits per heavy atom. The van der Waals surface area contributed by atoms with Gasteiger partial charge in [0.25, 0.3) is 0 Å². The van der Waals surface area contributed by atoms with Crippen molar-refractivity contribution >= 4 is 5.69 Å². The van der Waals surface area contributed by atoms with Crippen molar-refractivity contribution in [2.45, 2.75) is 12.4 Å². The number of benzene rings is 1. The molecule has 0 fully saturated rings. The van der Waals surface area contributed by atoms with E-state index in [-0.39, 0.29) is 12.2 Å². The first kappa shape index (κ1) is 18.4. The fourth-order valence-electron chi connectivity index (χ4n) is 1.79. The molecule has 5 nitrogen and oxygen atoms in total. The van der Waals surface area contributed by atoms with Crippen LogP contribution in [0.15, 0.2) is 23.3 Å².